The Hall–Kier alpha value is 0.0500. The first kappa shape index (κ1) is 13.1. The van der Waals surface area contributed by atoms with Crippen LogP contribution in [0, 0.1) is 0 Å². The summed E-state index contributed by atoms with van der Waals surface area (Å²) in [6.07, 6.45) is 11.6. The maximum Gasteiger partial charge on any atom is 0.0281 e. The molecule has 0 aromatic heterocycles. The molecule has 1 rings (SSSR count). The number of rotatable bonds is 5. The third-order valence-corrected chi connectivity index (χ3v) is 4.72. The highest BCUT2D eigenvalue weighted by Crippen LogP contribution is 2.37. The van der Waals surface area contributed by atoms with Crippen molar-refractivity contribution in [3.8, 4) is 0 Å². The summed E-state index contributed by atoms with van der Waals surface area (Å²) in [5.41, 5.74) is 1.41. The lowest BCUT2D eigenvalue weighted by molar-refractivity contribution is 0.384. The number of hydrogen-bond acceptors (Lipinski definition) is 2. The standard InChI is InChI=1S/C13H25NS/c1-12(2)7-10-14-11-13(15-3)8-5-4-6-9-13/h7,14H,4-6,8-11H2,1-3H3. The van der Waals surface area contributed by atoms with Crippen molar-refractivity contribution < 1.29 is 0 Å². The summed E-state index contributed by atoms with van der Waals surface area (Å²) in [5.74, 6) is 0. The molecule has 2 heteroatoms. The first-order valence-electron chi connectivity index (χ1n) is 6.08. The van der Waals surface area contributed by atoms with Crippen LogP contribution >= 0.6 is 11.8 Å². The van der Waals surface area contributed by atoms with Crippen molar-refractivity contribution >= 4 is 11.8 Å². The number of allylic oxidation sites excluding steroid dienone is 1. The molecular formula is C13H25NS. The van der Waals surface area contributed by atoms with Crippen LogP contribution in [0.5, 0.6) is 0 Å². The van der Waals surface area contributed by atoms with E-state index in [1.165, 1.54) is 44.2 Å². The van der Waals surface area contributed by atoms with Crippen molar-refractivity contribution in [3.05, 3.63) is 11.6 Å². The van der Waals surface area contributed by atoms with Crippen LogP contribution in [0.25, 0.3) is 0 Å². The van der Waals surface area contributed by atoms with E-state index >= 15 is 0 Å². The van der Waals surface area contributed by atoms with Gasteiger partial charge in [0.1, 0.15) is 0 Å². The van der Waals surface area contributed by atoms with Crippen LogP contribution in [0.3, 0.4) is 0 Å². The van der Waals surface area contributed by atoms with Crippen molar-refractivity contribution in [3.63, 3.8) is 0 Å². The lowest BCUT2D eigenvalue weighted by Gasteiger charge is -2.36. The summed E-state index contributed by atoms with van der Waals surface area (Å²) in [6, 6.07) is 0. The van der Waals surface area contributed by atoms with Gasteiger partial charge in [-0.1, -0.05) is 30.9 Å². The fourth-order valence-electron chi connectivity index (χ4n) is 2.23. The van der Waals surface area contributed by atoms with E-state index in [0.29, 0.717) is 4.75 Å². The molecule has 1 aliphatic carbocycles. The van der Waals surface area contributed by atoms with E-state index < -0.39 is 0 Å². The van der Waals surface area contributed by atoms with Gasteiger partial charge < -0.3 is 5.32 Å². The molecular weight excluding hydrogens is 202 g/mol. The summed E-state index contributed by atoms with van der Waals surface area (Å²) in [4.78, 5) is 0. The van der Waals surface area contributed by atoms with Crippen LogP contribution in [0.2, 0.25) is 0 Å². The van der Waals surface area contributed by atoms with Gasteiger partial charge in [0.25, 0.3) is 0 Å². The Morgan fingerprint density at radius 2 is 1.93 bits per heavy atom. The first-order chi connectivity index (χ1) is 7.18. The van der Waals surface area contributed by atoms with Crippen LogP contribution in [0.4, 0.5) is 0 Å². The SMILES string of the molecule is CSC1(CNCC=C(C)C)CCCCC1. The second-order valence-corrected chi connectivity index (χ2v) is 6.13. The third-order valence-electron chi connectivity index (χ3n) is 3.30. The number of thioether (sulfide) groups is 1. The minimum absolute atomic E-state index is 0.535. The Kier molecular flexibility index (Phi) is 5.77. The minimum Gasteiger partial charge on any atom is -0.312 e. The van der Waals surface area contributed by atoms with Gasteiger partial charge in [-0.15, -0.1) is 0 Å². The van der Waals surface area contributed by atoms with Crippen molar-refractivity contribution in [1.82, 2.24) is 5.32 Å². The second-order valence-electron chi connectivity index (χ2n) is 4.86. The molecule has 0 heterocycles. The summed E-state index contributed by atoms with van der Waals surface area (Å²) in [5, 5.41) is 3.58. The summed E-state index contributed by atoms with van der Waals surface area (Å²) in [7, 11) is 0. The lowest BCUT2D eigenvalue weighted by Crippen LogP contribution is -2.39. The van der Waals surface area contributed by atoms with E-state index in [2.05, 4.69) is 43.3 Å². The molecule has 0 bridgehead atoms. The topological polar surface area (TPSA) is 12.0 Å². The Bertz CT molecular complexity index is 201. The van der Waals surface area contributed by atoms with Gasteiger partial charge in [-0.25, -0.2) is 0 Å². The summed E-state index contributed by atoms with van der Waals surface area (Å²) in [6.45, 7) is 6.53. The number of nitrogens with one attached hydrogen (secondary N) is 1. The smallest absolute Gasteiger partial charge is 0.0281 e. The maximum atomic E-state index is 3.58. The van der Waals surface area contributed by atoms with Crippen molar-refractivity contribution in [2.45, 2.75) is 50.7 Å². The van der Waals surface area contributed by atoms with E-state index in [1.807, 2.05) is 0 Å². The third kappa shape index (κ3) is 4.60. The second kappa shape index (κ2) is 6.59. The molecule has 0 amide bonds. The van der Waals surface area contributed by atoms with E-state index in [1.54, 1.807) is 0 Å². The van der Waals surface area contributed by atoms with Crippen LogP contribution in [0.1, 0.15) is 46.0 Å². The van der Waals surface area contributed by atoms with Crippen LogP contribution < -0.4 is 5.32 Å². The molecule has 0 saturated heterocycles. The van der Waals surface area contributed by atoms with E-state index in [9.17, 15) is 0 Å². The average molecular weight is 227 g/mol. The molecule has 0 unspecified atom stereocenters. The molecule has 0 aliphatic heterocycles. The highest BCUT2D eigenvalue weighted by atomic mass is 32.2. The fraction of sp³-hybridized carbons (Fsp3) is 0.846. The van der Waals surface area contributed by atoms with Gasteiger partial charge in [0.05, 0.1) is 0 Å². The molecule has 0 atom stereocenters. The maximum absolute atomic E-state index is 3.58. The molecule has 1 N–H and O–H groups in total. The van der Waals surface area contributed by atoms with Gasteiger partial charge in [0, 0.05) is 17.8 Å². The molecule has 0 radical (unpaired) electrons. The Morgan fingerprint density at radius 3 is 2.47 bits per heavy atom. The Morgan fingerprint density at radius 1 is 1.27 bits per heavy atom. The van der Waals surface area contributed by atoms with E-state index in [-0.39, 0.29) is 0 Å². The molecule has 1 nitrogen and oxygen atoms in total. The molecule has 0 aromatic carbocycles. The fourth-order valence-corrected chi connectivity index (χ4v) is 3.17. The van der Waals surface area contributed by atoms with Gasteiger partial charge in [-0.05, 0) is 32.9 Å². The molecule has 1 saturated carbocycles. The lowest BCUT2D eigenvalue weighted by atomic mass is 9.88. The first-order valence-corrected chi connectivity index (χ1v) is 7.30. The monoisotopic (exact) mass is 227 g/mol. The highest BCUT2D eigenvalue weighted by Gasteiger charge is 2.30. The predicted octanol–water partition coefficient (Wildman–Crippen LogP) is 3.61. The molecule has 1 fully saturated rings. The molecule has 1 aliphatic rings. The summed E-state index contributed by atoms with van der Waals surface area (Å²) < 4.78 is 0.535. The molecule has 88 valence electrons. The zero-order chi connectivity index (χ0) is 11.1. The van der Waals surface area contributed by atoms with Crippen molar-refractivity contribution in [1.29, 1.82) is 0 Å². The Labute approximate surface area is 99.1 Å². The van der Waals surface area contributed by atoms with Crippen molar-refractivity contribution in [2.75, 3.05) is 19.3 Å². The predicted molar refractivity (Wildman–Crippen MR) is 71.6 cm³/mol. The van der Waals surface area contributed by atoms with Gasteiger partial charge in [-0.3, -0.25) is 0 Å². The average Bonchev–Trinajstić information content (AvgIpc) is 2.26. The van der Waals surface area contributed by atoms with Gasteiger partial charge in [0.2, 0.25) is 0 Å². The molecule has 15 heavy (non-hydrogen) atoms. The van der Waals surface area contributed by atoms with Gasteiger partial charge >= 0.3 is 0 Å². The van der Waals surface area contributed by atoms with Crippen molar-refractivity contribution in [2.24, 2.45) is 0 Å². The zero-order valence-electron chi connectivity index (χ0n) is 10.4. The Balaban J connectivity index is 2.29. The quantitative estimate of drug-likeness (QED) is 0.569. The largest absolute Gasteiger partial charge is 0.312 e. The van der Waals surface area contributed by atoms with Gasteiger partial charge in [0.15, 0.2) is 0 Å². The normalized spacial score (nSPS) is 19.9. The van der Waals surface area contributed by atoms with E-state index in [0.717, 1.165) is 6.54 Å². The van der Waals surface area contributed by atoms with Crippen LogP contribution in [-0.2, 0) is 0 Å². The zero-order valence-corrected chi connectivity index (χ0v) is 11.3. The number of hydrogen-bond donors (Lipinski definition) is 1. The van der Waals surface area contributed by atoms with Crippen LogP contribution in [0.15, 0.2) is 11.6 Å². The van der Waals surface area contributed by atoms with Crippen LogP contribution in [-0.4, -0.2) is 24.1 Å². The molecule has 0 spiro atoms. The minimum atomic E-state index is 0.535. The van der Waals surface area contributed by atoms with Gasteiger partial charge in [-0.2, -0.15) is 11.8 Å². The highest BCUT2D eigenvalue weighted by molar-refractivity contribution is 8.00. The summed E-state index contributed by atoms with van der Waals surface area (Å²) >= 11 is 2.07. The van der Waals surface area contributed by atoms with E-state index in [4.69, 9.17) is 0 Å². The molecule has 0 aromatic rings.